The van der Waals surface area contributed by atoms with Gasteiger partial charge in [-0.15, -0.1) is 0 Å². The van der Waals surface area contributed by atoms with Crippen molar-refractivity contribution in [2.45, 2.75) is 11.9 Å². The highest BCUT2D eigenvalue weighted by Gasteiger charge is 2.10. The highest BCUT2D eigenvalue weighted by Crippen LogP contribution is 2.28. The quantitative estimate of drug-likeness (QED) is 0.702. The third-order valence-electron chi connectivity index (χ3n) is 2.85. The average molecular weight is 360 g/mol. The van der Waals surface area contributed by atoms with Crippen LogP contribution < -0.4 is 9.47 Å². The van der Waals surface area contributed by atoms with Gasteiger partial charge in [-0.25, -0.2) is 4.39 Å². The Balaban J connectivity index is 2.19. The van der Waals surface area contributed by atoms with Gasteiger partial charge in [-0.1, -0.05) is 33.6 Å². The minimum atomic E-state index is -0.369. The summed E-state index contributed by atoms with van der Waals surface area (Å²) in [5.74, 6) is 1.05. The summed E-state index contributed by atoms with van der Waals surface area (Å²) in [4.78, 5) is 0. The minimum Gasteiger partial charge on any atom is -0.497 e. The van der Waals surface area contributed by atoms with Crippen molar-refractivity contribution in [3.63, 3.8) is 0 Å². The van der Waals surface area contributed by atoms with E-state index in [-0.39, 0.29) is 12.4 Å². The monoisotopic (exact) mass is 358 g/mol. The number of halogens is 3. The van der Waals surface area contributed by atoms with Crippen LogP contribution in [0.5, 0.6) is 11.5 Å². The van der Waals surface area contributed by atoms with Gasteiger partial charge < -0.3 is 9.47 Å². The Morgan fingerprint density at radius 1 is 1.25 bits per heavy atom. The van der Waals surface area contributed by atoms with E-state index in [0.29, 0.717) is 21.7 Å². The van der Waals surface area contributed by atoms with E-state index in [1.54, 1.807) is 31.4 Å². The fraction of sp³-hybridized carbons (Fsp3) is 0.200. The Morgan fingerprint density at radius 3 is 2.70 bits per heavy atom. The van der Waals surface area contributed by atoms with Crippen molar-refractivity contribution in [1.82, 2.24) is 0 Å². The Kier molecular flexibility index (Phi) is 5.26. The van der Waals surface area contributed by atoms with E-state index in [1.165, 1.54) is 6.07 Å². The molecule has 2 aromatic rings. The molecule has 0 bridgehead atoms. The predicted octanol–water partition coefficient (Wildman–Crippen LogP) is 4.96. The van der Waals surface area contributed by atoms with Crippen LogP contribution in [0.3, 0.4) is 0 Å². The number of hydrogen-bond donors (Lipinski definition) is 0. The van der Waals surface area contributed by atoms with E-state index >= 15 is 0 Å². The maximum Gasteiger partial charge on any atom is 0.131 e. The number of rotatable bonds is 5. The van der Waals surface area contributed by atoms with Gasteiger partial charge in [0.05, 0.1) is 12.1 Å². The lowest BCUT2D eigenvalue weighted by Crippen LogP contribution is -2.01. The fourth-order valence-electron chi connectivity index (χ4n) is 1.75. The van der Waals surface area contributed by atoms with Gasteiger partial charge in [0.1, 0.15) is 23.9 Å². The van der Waals surface area contributed by atoms with Crippen LogP contribution in [-0.2, 0) is 11.9 Å². The lowest BCUT2D eigenvalue weighted by atomic mass is 10.2. The average Bonchev–Trinajstić information content (AvgIpc) is 2.46. The summed E-state index contributed by atoms with van der Waals surface area (Å²) in [6.45, 7) is 0.0812. The molecule has 0 heterocycles. The molecule has 5 heteroatoms. The van der Waals surface area contributed by atoms with E-state index in [0.717, 1.165) is 11.3 Å². The summed E-state index contributed by atoms with van der Waals surface area (Å²) < 4.78 is 24.5. The SMILES string of the molecule is COc1ccc(OCc2c(F)cccc2Cl)c(CBr)c1. The van der Waals surface area contributed by atoms with Gasteiger partial charge in [-0.05, 0) is 30.3 Å². The van der Waals surface area contributed by atoms with Gasteiger partial charge >= 0.3 is 0 Å². The van der Waals surface area contributed by atoms with E-state index < -0.39 is 0 Å². The topological polar surface area (TPSA) is 18.5 Å². The summed E-state index contributed by atoms with van der Waals surface area (Å²) in [5, 5.41) is 0.976. The van der Waals surface area contributed by atoms with E-state index in [1.807, 2.05) is 6.07 Å². The molecule has 0 saturated heterocycles. The highest BCUT2D eigenvalue weighted by atomic mass is 79.9. The first-order valence-electron chi connectivity index (χ1n) is 5.94. The molecule has 2 aromatic carbocycles. The number of methoxy groups -OCH3 is 1. The fourth-order valence-corrected chi connectivity index (χ4v) is 2.40. The summed E-state index contributed by atoms with van der Waals surface area (Å²) in [5.41, 5.74) is 1.28. The number of ether oxygens (including phenoxy) is 2. The van der Waals surface area contributed by atoms with E-state index in [4.69, 9.17) is 21.1 Å². The first-order valence-corrected chi connectivity index (χ1v) is 7.44. The first kappa shape index (κ1) is 15.1. The van der Waals surface area contributed by atoms with Gasteiger partial charge in [-0.2, -0.15) is 0 Å². The Hall–Kier alpha value is -1.26. The molecule has 0 aliphatic rings. The van der Waals surface area contributed by atoms with Crippen molar-refractivity contribution in [3.05, 3.63) is 58.4 Å². The maximum atomic E-state index is 13.7. The van der Waals surface area contributed by atoms with Crippen molar-refractivity contribution in [2.24, 2.45) is 0 Å². The molecule has 20 heavy (non-hydrogen) atoms. The van der Waals surface area contributed by atoms with E-state index in [2.05, 4.69) is 15.9 Å². The number of hydrogen-bond acceptors (Lipinski definition) is 2. The van der Waals surface area contributed by atoms with Crippen LogP contribution in [0.1, 0.15) is 11.1 Å². The molecule has 0 aliphatic carbocycles. The summed E-state index contributed by atoms with van der Waals surface area (Å²) >= 11 is 9.36. The molecular formula is C15H13BrClFO2. The van der Waals surface area contributed by atoms with Gasteiger partial charge in [0, 0.05) is 16.5 Å². The Morgan fingerprint density at radius 2 is 2.05 bits per heavy atom. The highest BCUT2D eigenvalue weighted by molar-refractivity contribution is 9.08. The smallest absolute Gasteiger partial charge is 0.131 e. The van der Waals surface area contributed by atoms with Gasteiger partial charge in [0.15, 0.2) is 0 Å². The van der Waals surface area contributed by atoms with Crippen LogP contribution in [0.15, 0.2) is 36.4 Å². The Bertz CT molecular complexity index is 584. The molecule has 106 valence electrons. The number of alkyl halides is 1. The third-order valence-corrected chi connectivity index (χ3v) is 3.80. The number of benzene rings is 2. The van der Waals surface area contributed by atoms with Crippen LogP contribution in [0.2, 0.25) is 5.02 Å². The van der Waals surface area contributed by atoms with Crippen molar-refractivity contribution in [1.29, 1.82) is 0 Å². The molecule has 2 rings (SSSR count). The summed E-state index contributed by atoms with van der Waals surface area (Å²) in [6, 6.07) is 10.0. The summed E-state index contributed by atoms with van der Waals surface area (Å²) in [7, 11) is 1.60. The Labute approximate surface area is 130 Å². The first-order chi connectivity index (χ1) is 9.65. The lowest BCUT2D eigenvalue weighted by Gasteiger charge is -2.12. The van der Waals surface area contributed by atoms with Crippen LogP contribution in [0, 0.1) is 5.82 Å². The standard InChI is InChI=1S/C15H13BrClFO2/c1-19-11-5-6-15(10(7-11)8-16)20-9-12-13(17)3-2-4-14(12)18/h2-7H,8-9H2,1H3. The molecular weight excluding hydrogens is 347 g/mol. The summed E-state index contributed by atoms with van der Waals surface area (Å²) in [6.07, 6.45) is 0. The third kappa shape index (κ3) is 3.44. The normalized spacial score (nSPS) is 10.4. The largest absolute Gasteiger partial charge is 0.497 e. The van der Waals surface area contributed by atoms with Crippen molar-refractivity contribution in [2.75, 3.05) is 7.11 Å². The zero-order valence-electron chi connectivity index (χ0n) is 10.8. The maximum absolute atomic E-state index is 13.7. The molecule has 2 nitrogen and oxygen atoms in total. The van der Waals surface area contributed by atoms with Crippen LogP contribution >= 0.6 is 27.5 Å². The molecule has 0 saturated carbocycles. The van der Waals surface area contributed by atoms with Crippen LogP contribution in [0.25, 0.3) is 0 Å². The van der Waals surface area contributed by atoms with Crippen molar-refractivity contribution < 1.29 is 13.9 Å². The molecule has 0 fully saturated rings. The molecule has 0 aliphatic heterocycles. The molecule has 0 atom stereocenters. The van der Waals surface area contributed by atoms with Crippen LogP contribution in [0.4, 0.5) is 4.39 Å². The lowest BCUT2D eigenvalue weighted by molar-refractivity contribution is 0.297. The van der Waals surface area contributed by atoms with Gasteiger partial charge in [0.2, 0.25) is 0 Å². The molecule has 0 aromatic heterocycles. The second kappa shape index (κ2) is 6.95. The van der Waals surface area contributed by atoms with E-state index in [9.17, 15) is 4.39 Å². The second-order valence-corrected chi connectivity index (χ2v) is 5.06. The zero-order valence-corrected chi connectivity index (χ0v) is 13.2. The minimum absolute atomic E-state index is 0.0812. The van der Waals surface area contributed by atoms with Gasteiger partial charge in [-0.3, -0.25) is 0 Å². The molecule has 0 spiro atoms. The molecule has 0 radical (unpaired) electrons. The molecule has 0 N–H and O–H groups in total. The van der Waals surface area contributed by atoms with Crippen molar-refractivity contribution in [3.8, 4) is 11.5 Å². The predicted molar refractivity (Wildman–Crippen MR) is 81.4 cm³/mol. The second-order valence-electron chi connectivity index (χ2n) is 4.10. The van der Waals surface area contributed by atoms with Crippen molar-refractivity contribution >= 4 is 27.5 Å². The zero-order chi connectivity index (χ0) is 14.5. The molecule has 0 amide bonds. The molecule has 0 unspecified atom stereocenters. The van der Waals surface area contributed by atoms with Gasteiger partial charge in [0.25, 0.3) is 0 Å². The van der Waals surface area contributed by atoms with Crippen LogP contribution in [-0.4, -0.2) is 7.11 Å².